The Morgan fingerprint density at radius 3 is 2.50 bits per heavy atom. The summed E-state index contributed by atoms with van der Waals surface area (Å²) in [5, 5.41) is 10.5. The van der Waals surface area contributed by atoms with Crippen molar-refractivity contribution in [3.63, 3.8) is 0 Å². The number of aromatic carboxylic acids is 1. The summed E-state index contributed by atoms with van der Waals surface area (Å²) in [5.74, 6) is -2.88. The van der Waals surface area contributed by atoms with E-state index in [-0.39, 0.29) is 22.6 Å². The first-order valence-corrected chi connectivity index (χ1v) is 6.56. The van der Waals surface area contributed by atoms with Gasteiger partial charge in [-0.2, -0.15) is 0 Å². The van der Waals surface area contributed by atoms with E-state index in [1.807, 2.05) is 18.2 Å². The number of fused-ring (bicyclic) bond motifs is 5. The molecule has 0 atom stereocenters. The van der Waals surface area contributed by atoms with Gasteiger partial charge in [0.2, 0.25) is 17.3 Å². The Morgan fingerprint density at radius 1 is 0.955 bits per heavy atom. The molecule has 5 heteroatoms. The van der Waals surface area contributed by atoms with Crippen LogP contribution in [0.15, 0.2) is 46.9 Å². The van der Waals surface area contributed by atoms with Gasteiger partial charge >= 0.3 is 5.97 Å². The number of hydrogen-bond donors (Lipinski definition) is 1. The molecule has 0 amide bonds. The number of furan rings is 1. The van der Waals surface area contributed by atoms with E-state index < -0.39 is 17.5 Å². The minimum absolute atomic E-state index is 0.00480. The van der Waals surface area contributed by atoms with Crippen molar-refractivity contribution in [1.82, 2.24) is 0 Å². The number of hydrogen-bond acceptors (Lipinski definition) is 4. The molecule has 106 valence electrons. The minimum atomic E-state index is -1.28. The highest BCUT2D eigenvalue weighted by atomic mass is 16.4. The highest BCUT2D eigenvalue weighted by molar-refractivity contribution is 6.54. The van der Waals surface area contributed by atoms with Crippen LogP contribution in [0.25, 0.3) is 22.1 Å². The molecule has 22 heavy (non-hydrogen) atoms. The van der Waals surface area contributed by atoms with Crippen LogP contribution in [0, 0.1) is 0 Å². The second kappa shape index (κ2) is 4.14. The maximum absolute atomic E-state index is 12.4. The van der Waals surface area contributed by atoms with E-state index >= 15 is 0 Å². The van der Waals surface area contributed by atoms with Gasteiger partial charge in [0.1, 0.15) is 5.76 Å². The van der Waals surface area contributed by atoms with Crippen molar-refractivity contribution in [2.45, 2.75) is 0 Å². The fraction of sp³-hybridized carbons (Fsp3) is 0. The molecule has 1 aliphatic rings. The third-order valence-electron chi connectivity index (χ3n) is 3.79. The normalized spacial score (nSPS) is 13.1. The number of carbonyl (C=O) groups excluding carboxylic acids is 2. The van der Waals surface area contributed by atoms with Crippen molar-refractivity contribution in [2.75, 3.05) is 0 Å². The molecular formula is C17H8O5. The fourth-order valence-electron chi connectivity index (χ4n) is 2.81. The number of Topliss-reactive ketones (excluding diaryl/α,β-unsaturated/α-hetero) is 2. The van der Waals surface area contributed by atoms with Crippen molar-refractivity contribution in [1.29, 1.82) is 0 Å². The lowest BCUT2D eigenvalue weighted by molar-refractivity contribution is 0.0663. The summed E-state index contributed by atoms with van der Waals surface area (Å²) < 4.78 is 5.29. The monoisotopic (exact) mass is 292 g/mol. The molecule has 1 N–H and O–H groups in total. The number of ketones is 2. The average molecular weight is 292 g/mol. The van der Waals surface area contributed by atoms with E-state index in [4.69, 9.17) is 9.52 Å². The van der Waals surface area contributed by atoms with Gasteiger partial charge in [0.15, 0.2) is 0 Å². The lowest BCUT2D eigenvalue weighted by Crippen LogP contribution is -2.20. The van der Waals surface area contributed by atoms with Crippen LogP contribution >= 0.6 is 0 Å². The number of carboxylic acids is 1. The Morgan fingerprint density at radius 2 is 1.73 bits per heavy atom. The summed E-state index contributed by atoms with van der Waals surface area (Å²) in [6.45, 7) is 0. The third kappa shape index (κ3) is 1.50. The smallest absolute Gasteiger partial charge is 0.371 e. The van der Waals surface area contributed by atoms with Gasteiger partial charge < -0.3 is 9.52 Å². The average Bonchev–Trinajstić information content (AvgIpc) is 2.97. The highest BCUT2D eigenvalue weighted by Crippen LogP contribution is 2.39. The van der Waals surface area contributed by atoms with E-state index in [0.717, 1.165) is 11.5 Å². The molecule has 0 fully saturated rings. The molecule has 0 saturated carbocycles. The Balaban J connectivity index is 2.12. The van der Waals surface area contributed by atoms with Gasteiger partial charge in [-0.3, -0.25) is 9.59 Å². The van der Waals surface area contributed by atoms with Crippen molar-refractivity contribution in [3.05, 3.63) is 59.4 Å². The zero-order chi connectivity index (χ0) is 15.4. The van der Waals surface area contributed by atoms with Crippen LogP contribution in [-0.2, 0) is 0 Å². The lowest BCUT2D eigenvalue weighted by Gasteiger charge is -2.15. The predicted octanol–water partition coefficient (Wildman–Crippen LogP) is 3.18. The lowest BCUT2D eigenvalue weighted by atomic mass is 9.85. The molecule has 1 heterocycles. The largest absolute Gasteiger partial charge is 0.475 e. The van der Waals surface area contributed by atoms with E-state index in [1.165, 1.54) is 0 Å². The highest BCUT2D eigenvalue weighted by Gasteiger charge is 2.35. The topological polar surface area (TPSA) is 84.6 Å². The molecule has 0 aliphatic heterocycles. The maximum Gasteiger partial charge on any atom is 0.371 e. The molecule has 0 bridgehead atoms. The molecule has 2 aromatic carbocycles. The molecule has 4 rings (SSSR count). The molecule has 1 aliphatic carbocycles. The molecular weight excluding hydrogens is 284 g/mol. The second-order valence-electron chi connectivity index (χ2n) is 5.03. The first kappa shape index (κ1) is 12.5. The van der Waals surface area contributed by atoms with Gasteiger partial charge in [-0.15, -0.1) is 0 Å². The number of benzene rings is 2. The summed E-state index contributed by atoms with van der Waals surface area (Å²) in [4.78, 5) is 35.7. The van der Waals surface area contributed by atoms with E-state index in [9.17, 15) is 14.4 Å². The third-order valence-corrected chi connectivity index (χ3v) is 3.79. The van der Waals surface area contributed by atoms with Crippen molar-refractivity contribution in [2.24, 2.45) is 0 Å². The fourth-order valence-corrected chi connectivity index (χ4v) is 2.81. The van der Waals surface area contributed by atoms with Gasteiger partial charge in [-0.25, -0.2) is 4.79 Å². The van der Waals surface area contributed by atoms with Gasteiger partial charge in [0.25, 0.3) is 0 Å². The van der Waals surface area contributed by atoms with Gasteiger partial charge in [0, 0.05) is 17.2 Å². The van der Waals surface area contributed by atoms with E-state index in [0.29, 0.717) is 10.9 Å². The second-order valence-corrected chi connectivity index (χ2v) is 5.03. The van der Waals surface area contributed by atoms with Crippen molar-refractivity contribution in [3.8, 4) is 11.3 Å². The maximum atomic E-state index is 12.4. The Labute approximate surface area is 123 Å². The Hall–Kier alpha value is -3.21. The Kier molecular flexibility index (Phi) is 2.36. The SMILES string of the molecule is O=C(O)c1cc2c(o1)-c1ccc3ccccc3c1C(=O)C2=O. The van der Waals surface area contributed by atoms with E-state index in [1.54, 1.807) is 18.2 Å². The molecule has 3 aromatic rings. The van der Waals surface area contributed by atoms with Crippen molar-refractivity contribution >= 4 is 28.3 Å². The van der Waals surface area contributed by atoms with Crippen LogP contribution in [0.1, 0.15) is 31.3 Å². The van der Waals surface area contributed by atoms with Gasteiger partial charge in [-0.05, 0) is 16.8 Å². The first-order chi connectivity index (χ1) is 10.6. The summed E-state index contributed by atoms with van der Waals surface area (Å²) in [7, 11) is 0. The van der Waals surface area contributed by atoms with Crippen LogP contribution in [0.3, 0.4) is 0 Å². The van der Waals surface area contributed by atoms with Crippen LogP contribution in [0.4, 0.5) is 0 Å². The zero-order valence-electron chi connectivity index (χ0n) is 11.1. The molecule has 0 radical (unpaired) electrons. The van der Waals surface area contributed by atoms with Crippen molar-refractivity contribution < 1.29 is 23.9 Å². The minimum Gasteiger partial charge on any atom is -0.475 e. The number of carboxylic acid groups (broad SMARTS) is 1. The number of carbonyl (C=O) groups is 3. The molecule has 0 saturated heterocycles. The molecule has 0 spiro atoms. The Bertz CT molecular complexity index is 993. The zero-order valence-corrected chi connectivity index (χ0v) is 11.1. The summed E-state index contributed by atoms with van der Waals surface area (Å²) >= 11 is 0. The van der Waals surface area contributed by atoms with Crippen LogP contribution in [0.2, 0.25) is 0 Å². The summed E-state index contributed by atoms with van der Waals surface area (Å²) in [5.41, 5.74) is 0.720. The standard InChI is InChI=1S/C17H8O5/c18-14-11-7-12(17(20)21)22-16(11)10-6-5-8-3-1-2-4-9(8)13(10)15(14)19/h1-7H,(H,20,21). The summed E-state index contributed by atoms with van der Waals surface area (Å²) in [6.07, 6.45) is 0. The van der Waals surface area contributed by atoms with Crippen LogP contribution in [-0.4, -0.2) is 22.6 Å². The van der Waals surface area contributed by atoms with E-state index in [2.05, 4.69) is 0 Å². The van der Waals surface area contributed by atoms with Gasteiger partial charge in [-0.1, -0.05) is 30.3 Å². The number of rotatable bonds is 1. The molecule has 0 unspecified atom stereocenters. The quantitative estimate of drug-likeness (QED) is 0.696. The van der Waals surface area contributed by atoms with Crippen LogP contribution in [0.5, 0.6) is 0 Å². The van der Waals surface area contributed by atoms with Gasteiger partial charge in [0.05, 0.1) is 5.56 Å². The predicted molar refractivity (Wildman–Crippen MR) is 77.3 cm³/mol. The molecule has 5 nitrogen and oxygen atoms in total. The first-order valence-electron chi connectivity index (χ1n) is 6.56. The summed E-state index contributed by atoms with van der Waals surface area (Å²) in [6, 6.07) is 11.8. The molecule has 1 aromatic heterocycles. The van der Waals surface area contributed by atoms with Crippen LogP contribution < -0.4 is 0 Å².